The molecule has 0 aromatic carbocycles. The molecule has 0 fully saturated rings. The zero-order valence-electron chi connectivity index (χ0n) is 40.7. The van der Waals surface area contributed by atoms with Crippen molar-refractivity contribution in [2.45, 2.75) is 264 Å². The molecule has 0 spiro atoms. The predicted molar refractivity (Wildman–Crippen MR) is 269 cm³/mol. The lowest BCUT2D eigenvalue weighted by molar-refractivity contribution is -0.154. The van der Waals surface area contributed by atoms with Crippen molar-refractivity contribution in [2.24, 2.45) is 0 Å². The molecule has 0 aliphatic carbocycles. The standard InChI is InChI=1S/C57H102O4/c1-3-5-7-9-11-13-15-17-19-21-23-25-27-28-29-31-33-35-37-39-41-43-45-47-49-51-53-60-55-56(54-58)61-57(59)52-50-48-46-44-42-40-38-36-34-32-30-26-24-22-20-18-16-14-12-10-8-6-4-2/h5,7,11,13,17,19,23,25,28-29,33,35,56,58H,3-4,6,8-10,12,14-16,18,20-22,24,26-27,30-32,34,36-55H2,1-2H3/b7-5-,13-11-,19-17-,25-23-,29-28-,35-33-. The summed E-state index contributed by atoms with van der Waals surface area (Å²) in [5, 5.41) is 9.66. The molecule has 1 atom stereocenters. The summed E-state index contributed by atoms with van der Waals surface area (Å²) in [5.74, 6) is -0.202. The average molecular weight is 851 g/mol. The summed E-state index contributed by atoms with van der Waals surface area (Å²) < 4.78 is 11.2. The van der Waals surface area contributed by atoms with E-state index in [0.717, 1.165) is 64.2 Å². The Balaban J connectivity index is 3.44. The second-order valence-corrected chi connectivity index (χ2v) is 17.6. The van der Waals surface area contributed by atoms with Crippen LogP contribution in [0.1, 0.15) is 258 Å². The molecule has 0 aromatic heterocycles. The number of esters is 1. The summed E-state index contributed by atoms with van der Waals surface area (Å²) >= 11 is 0. The first kappa shape index (κ1) is 58.8. The summed E-state index contributed by atoms with van der Waals surface area (Å²) in [6.45, 7) is 5.24. The fourth-order valence-corrected chi connectivity index (χ4v) is 7.63. The highest BCUT2D eigenvalue weighted by Crippen LogP contribution is 2.16. The second-order valence-electron chi connectivity index (χ2n) is 17.6. The first-order chi connectivity index (χ1) is 30.2. The summed E-state index contributed by atoms with van der Waals surface area (Å²) in [5.41, 5.74) is 0. The number of allylic oxidation sites excluding steroid dienone is 12. The Morgan fingerprint density at radius 2 is 0.738 bits per heavy atom. The minimum absolute atomic E-state index is 0.177. The van der Waals surface area contributed by atoms with Gasteiger partial charge in [-0.3, -0.25) is 4.79 Å². The van der Waals surface area contributed by atoms with Gasteiger partial charge in [0, 0.05) is 13.0 Å². The lowest BCUT2D eigenvalue weighted by Crippen LogP contribution is -2.27. The molecule has 0 rings (SSSR count). The number of unbranched alkanes of at least 4 members (excludes halogenated alkanes) is 29. The van der Waals surface area contributed by atoms with Gasteiger partial charge >= 0.3 is 5.97 Å². The monoisotopic (exact) mass is 851 g/mol. The van der Waals surface area contributed by atoms with Gasteiger partial charge in [0.2, 0.25) is 0 Å². The first-order valence-electron chi connectivity index (χ1n) is 26.5. The lowest BCUT2D eigenvalue weighted by Gasteiger charge is -2.16. The Morgan fingerprint density at radius 1 is 0.410 bits per heavy atom. The van der Waals surface area contributed by atoms with Gasteiger partial charge in [0.25, 0.3) is 0 Å². The van der Waals surface area contributed by atoms with Gasteiger partial charge in [0.15, 0.2) is 0 Å². The molecule has 0 aromatic rings. The van der Waals surface area contributed by atoms with Crippen LogP contribution in [-0.4, -0.2) is 37.0 Å². The van der Waals surface area contributed by atoms with E-state index in [9.17, 15) is 9.90 Å². The van der Waals surface area contributed by atoms with Crippen molar-refractivity contribution in [3.05, 3.63) is 72.9 Å². The summed E-state index contributed by atoms with van der Waals surface area (Å²) in [6.07, 6.45) is 74.3. The van der Waals surface area contributed by atoms with Gasteiger partial charge < -0.3 is 14.6 Å². The van der Waals surface area contributed by atoms with Crippen LogP contribution in [0.5, 0.6) is 0 Å². The molecule has 1 unspecified atom stereocenters. The third-order valence-electron chi connectivity index (χ3n) is 11.5. The van der Waals surface area contributed by atoms with Crippen LogP contribution in [0.15, 0.2) is 72.9 Å². The maximum atomic E-state index is 12.3. The molecule has 0 radical (unpaired) electrons. The normalized spacial score (nSPS) is 12.9. The van der Waals surface area contributed by atoms with Crippen LogP contribution < -0.4 is 0 Å². The van der Waals surface area contributed by atoms with Crippen LogP contribution in [0.4, 0.5) is 0 Å². The lowest BCUT2D eigenvalue weighted by atomic mass is 10.0. The second kappa shape index (κ2) is 54.0. The van der Waals surface area contributed by atoms with Crippen molar-refractivity contribution < 1.29 is 19.4 Å². The number of hydrogen-bond acceptors (Lipinski definition) is 4. The van der Waals surface area contributed by atoms with E-state index in [0.29, 0.717) is 13.0 Å². The minimum Gasteiger partial charge on any atom is -0.457 e. The molecular formula is C57H102O4. The minimum atomic E-state index is -0.543. The summed E-state index contributed by atoms with van der Waals surface area (Å²) in [4.78, 5) is 12.3. The fraction of sp³-hybridized carbons (Fsp3) is 0.772. The van der Waals surface area contributed by atoms with E-state index in [1.54, 1.807) is 0 Å². The first-order valence-corrected chi connectivity index (χ1v) is 26.5. The average Bonchev–Trinajstić information content (AvgIpc) is 3.27. The summed E-state index contributed by atoms with van der Waals surface area (Å²) in [6, 6.07) is 0. The van der Waals surface area contributed by atoms with Crippen molar-refractivity contribution in [2.75, 3.05) is 19.8 Å². The largest absolute Gasteiger partial charge is 0.457 e. The molecule has 61 heavy (non-hydrogen) atoms. The molecule has 0 bridgehead atoms. The SMILES string of the molecule is CC/C=C\C/C=C\C/C=C\C/C=C\C/C=C\C/C=C\CCCCCCCCCOCC(CO)OC(=O)CCCCCCCCCCCCCCCCCCCCCCCCC. The van der Waals surface area contributed by atoms with Gasteiger partial charge in [-0.25, -0.2) is 0 Å². The van der Waals surface area contributed by atoms with Crippen LogP contribution in [0, 0.1) is 0 Å². The van der Waals surface area contributed by atoms with Crippen molar-refractivity contribution in [3.8, 4) is 0 Å². The number of hydrogen-bond donors (Lipinski definition) is 1. The van der Waals surface area contributed by atoms with Crippen molar-refractivity contribution in [3.63, 3.8) is 0 Å². The van der Waals surface area contributed by atoms with E-state index < -0.39 is 6.10 Å². The highest BCUT2D eigenvalue weighted by molar-refractivity contribution is 5.69. The number of carbonyl (C=O) groups is 1. The Labute approximate surface area is 380 Å². The van der Waals surface area contributed by atoms with Crippen LogP contribution in [0.3, 0.4) is 0 Å². The van der Waals surface area contributed by atoms with Crippen molar-refractivity contribution in [1.82, 2.24) is 0 Å². The highest BCUT2D eigenvalue weighted by atomic mass is 16.6. The molecule has 4 heteroatoms. The molecule has 0 aliphatic heterocycles. The maximum Gasteiger partial charge on any atom is 0.306 e. The molecular weight excluding hydrogens is 749 g/mol. The number of ether oxygens (including phenoxy) is 2. The topological polar surface area (TPSA) is 55.8 Å². The van der Waals surface area contributed by atoms with Gasteiger partial charge in [-0.15, -0.1) is 0 Å². The fourth-order valence-electron chi connectivity index (χ4n) is 7.63. The van der Waals surface area contributed by atoms with Crippen molar-refractivity contribution >= 4 is 5.97 Å². The van der Waals surface area contributed by atoms with E-state index in [1.165, 1.54) is 173 Å². The number of aliphatic hydroxyl groups is 1. The Kier molecular flexibility index (Phi) is 52.0. The molecule has 0 amide bonds. The van der Waals surface area contributed by atoms with Crippen molar-refractivity contribution in [1.29, 1.82) is 0 Å². The van der Waals surface area contributed by atoms with E-state index in [4.69, 9.17) is 9.47 Å². The number of aliphatic hydroxyl groups excluding tert-OH is 1. The van der Waals surface area contributed by atoms with Crippen LogP contribution in [-0.2, 0) is 14.3 Å². The zero-order valence-corrected chi connectivity index (χ0v) is 40.7. The molecule has 4 nitrogen and oxygen atoms in total. The smallest absolute Gasteiger partial charge is 0.306 e. The number of rotatable bonds is 49. The molecule has 0 aliphatic rings. The Bertz CT molecular complexity index is 1040. The third kappa shape index (κ3) is 52.1. The Hall–Kier alpha value is -2.17. The molecule has 1 N–H and O–H groups in total. The van der Waals surface area contributed by atoms with E-state index >= 15 is 0 Å². The molecule has 0 saturated heterocycles. The molecule has 0 heterocycles. The van der Waals surface area contributed by atoms with E-state index in [-0.39, 0.29) is 19.2 Å². The van der Waals surface area contributed by atoms with Gasteiger partial charge in [-0.2, -0.15) is 0 Å². The highest BCUT2D eigenvalue weighted by Gasteiger charge is 2.13. The van der Waals surface area contributed by atoms with Gasteiger partial charge in [-0.1, -0.05) is 260 Å². The van der Waals surface area contributed by atoms with Gasteiger partial charge in [0.05, 0.1) is 13.2 Å². The van der Waals surface area contributed by atoms with E-state index in [2.05, 4.69) is 86.8 Å². The summed E-state index contributed by atoms with van der Waals surface area (Å²) in [7, 11) is 0. The van der Waals surface area contributed by atoms with Gasteiger partial charge in [0.1, 0.15) is 6.10 Å². The number of carbonyl (C=O) groups excluding carboxylic acids is 1. The Morgan fingerprint density at radius 3 is 1.11 bits per heavy atom. The predicted octanol–water partition coefficient (Wildman–Crippen LogP) is 18.1. The van der Waals surface area contributed by atoms with E-state index in [1.807, 2.05) is 0 Å². The van der Waals surface area contributed by atoms with Crippen LogP contribution in [0.2, 0.25) is 0 Å². The molecule has 354 valence electrons. The molecule has 0 saturated carbocycles. The third-order valence-corrected chi connectivity index (χ3v) is 11.5. The van der Waals surface area contributed by atoms with Gasteiger partial charge in [-0.05, 0) is 64.2 Å². The quantitative estimate of drug-likeness (QED) is 0.0376. The van der Waals surface area contributed by atoms with Crippen LogP contribution >= 0.6 is 0 Å². The van der Waals surface area contributed by atoms with Crippen LogP contribution in [0.25, 0.3) is 0 Å². The zero-order chi connectivity index (χ0) is 44.0. The maximum absolute atomic E-state index is 12.3.